The molecule has 1 aliphatic carbocycles. The van der Waals surface area contributed by atoms with Crippen LogP contribution in [0.2, 0.25) is 0 Å². The van der Waals surface area contributed by atoms with Crippen molar-refractivity contribution in [2.45, 2.75) is 24.8 Å². The molecule has 0 aliphatic heterocycles. The molecule has 3 heteroatoms. The van der Waals surface area contributed by atoms with Gasteiger partial charge in [0, 0.05) is 11.6 Å². The molecule has 0 amide bonds. The number of nitrogens with one attached hydrogen (secondary N) is 1. The lowest BCUT2D eigenvalue weighted by atomic mass is 9.74. The Bertz CT molecular complexity index is 549. The fourth-order valence-corrected chi connectivity index (χ4v) is 3.33. The van der Waals surface area contributed by atoms with E-state index in [2.05, 4.69) is 45.5 Å². The normalized spacial score (nSPS) is 19.1. The van der Waals surface area contributed by atoms with Crippen LogP contribution in [-0.4, -0.2) is 7.05 Å². The van der Waals surface area contributed by atoms with Gasteiger partial charge in [-0.05, 0) is 58.9 Å². The molecule has 1 aliphatic rings. The molecule has 0 saturated heterocycles. The molecule has 0 fully saturated rings. The van der Waals surface area contributed by atoms with Crippen molar-refractivity contribution in [3.8, 4) is 0 Å². The molecule has 0 spiro atoms. The Morgan fingerprint density at radius 3 is 2.89 bits per heavy atom. The monoisotopic (exact) mass is 305 g/mol. The van der Waals surface area contributed by atoms with E-state index in [0.29, 0.717) is 12.0 Å². The first-order chi connectivity index (χ1) is 8.79. The van der Waals surface area contributed by atoms with Crippen molar-refractivity contribution in [1.82, 2.24) is 5.32 Å². The lowest BCUT2D eigenvalue weighted by molar-refractivity contribution is 0.443. The lowest BCUT2D eigenvalue weighted by Gasteiger charge is -2.32. The van der Waals surface area contributed by atoms with Crippen LogP contribution in [0.1, 0.15) is 35.1 Å². The van der Waals surface area contributed by atoms with Crippen LogP contribution in [0.25, 0.3) is 0 Å². The first kappa shape index (κ1) is 12.0. The molecule has 1 aromatic carbocycles. The van der Waals surface area contributed by atoms with E-state index < -0.39 is 0 Å². The topological polar surface area (TPSA) is 25.2 Å². The Kier molecular flexibility index (Phi) is 3.27. The molecule has 0 bridgehead atoms. The second-order valence-electron chi connectivity index (χ2n) is 4.83. The minimum atomic E-state index is 0.344. The number of furan rings is 1. The smallest absolute Gasteiger partial charge is 0.173 e. The molecule has 0 radical (unpaired) electrons. The minimum Gasteiger partial charge on any atom is -0.457 e. The predicted molar refractivity (Wildman–Crippen MR) is 75.7 cm³/mol. The van der Waals surface area contributed by atoms with Gasteiger partial charge in [0.2, 0.25) is 0 Å². The van der Waals surface area contributed by atoms with Crippen LogP contribution >= 0.6 is 15.9 Å². The second-order valence-corrected chi connectivity index (χ2v) is 5.55. The van der Waals surface area contributed by atoms with Crippen LogP contribution in [0, 0.1) is 0 Å². The maximum absolute atomic E-state index is 5.33. The van der Waals surface area contributed by atoms with Crippen molar-refractivity contribution >= 4 is 15.9 Å². The summed E-state index contributed by atoms with van der Waals surface area (Å²) in [6, 6.07) is 11.1. The van der Waals surface area contributed by atoms with Crippen LogP contribution in [-0.2, 0) is 6.42 Å². The summed E-state index contributed by atoms with van der Waals surface area (Å²) >= 11 is 3.46. The van der Waals surface area contributed by atoms with E-state index in [0.717, 1.165) is 11.1 Å². The highest BCUT2D eigenvalue weighted by Gasteiger charge is 2.29. The van der Waals surface area contributed by atoms with Gasteiger partial charge in [0.05, 0.1) is 6.26 Å². The number of halogens is 1. The van der Waals surface area contributed by atoms with Crippen LogP contribution in [0.15, 0.2) is 45.7 Å². The Hall–Kier alpha value is -1.06. The Balaban J connectivity index is 1.76. The standard InChI is InChI=1S/C15H16BrNO/c1-17-14(13-6-7-18-15(13)16)9-11-8-10-4-2-3-5-12(10)11/h2-7,11,14,17H,8-9H2,1H3. The average molecular weight is 306 g/mol. The highest BCUT2D eigenvalue weighted by atomic mass is 79.9. The lowest BCUT2D eigenvalue weighted by Crippen LogP contribution is -2.24. The molecule has 0 saturated carbocycles. The molecule has 94 valence electrons. The van der Waals surface area contributed by atoms with Crippen molar-refractivity contribution in [2.75, 3.05) is 7.05 Å². The highest BCUT2D eigenvalue weighted by molar-refractivity contribution is 9.10. The zero-order valence-corrected chi connectivity index (χ0v) is 11.9. The Labute approximate surface area is 116 Å². The van der Waals surface area contributed by atoms with Crippen LogP contribution < -0.4 is 5.32 Å². The Morgan fingerprint density at radius 2 is 2.22 bits per heavy atom. The summed E-state index contributed by atoms with van der Waals surface area (Å²) in [6.07, 6.45) is 4.05. The number of hydrogen-bond acceptors (Lipinski definition) is 2. The third kappa shape index (κ3) is 2.02. The van der Waals surface area contributed by atoms with E-state index >= 15 is 0 Å². The summed E-state index contributed by atoms with van der Waals surface area (Å²) < 4.78 is 6.17. The SMILES string of the molecule is CNC(CC1Cc2ccccc21)c1ccoc1Br. The van der Waals surface area contributed by atoms with Gasteiger partial charge in [-0.1, -0.05) is 24.3 Å². The molecule has 1 heterocycles. The number of benzene rings is 1. The third-order valence-electron chi connectivity index (χ3n) is 3.85. The summed E-state index contributed by atoms with van der Waals surface area (Å²) in [5.74, 6) is 0.667. The minimum absolute atomic E-state index is 0.344. The number of fused-ring (bicyclic) bond motifs is 1. The van der Waals surface area contributed by atoms with Crippen LogP contribution in [0.5, 0.6) is 0 Å². The largest absolute Gasteiger partial charge is 0.457 e. The summed E-state index contributed by atoms with van der Waals surface area (Å²) in [5.41, 5.74) is 4.22. The second kappa shape index (κ2) is 4.90. The fourth-order valence-electron chi connectivity index (χ4n) is 2.81. The first-order valence-electron chi connectivity index (χ1n) is 6.27. The molecule has 2 nitrogen and oxygen atoms in total. The molecular formula is C15H16BrNO. The van der Waals surface area contributed by atoms with Gasteiger partial charge in [0.1, 0.15) is 0 Å². The molecule has 2 atom stereocenters. The van der Waals surface area contributed by atoms with Gasteiger partial charge in [0.25, 0.3) is 0 Å². The van der Waals surface area contributed by atoms with Gasteiger partial charge in [-0.25, -0.2) is 0 Å². The van der Waals surface area contributed by atoms with Crippen molar-refractivity contribution in [1.29, 1.82) is 0 Å². The van der Waals surface area contributed by atoms with Crippen molar-refractivity contribution in [2.24, 2.45) is 0 Å². The van der Waals surface area contributed by atoms with E-state index in [1.165, 1.54) is 23.1 Å². The highest BCUT2D eigenvalue weighted by Crippen LogP contribution is 2.41. The quantitative estimate of drug-likeness (QED) is 0.922. The molecule has 2 aromatic rings. The molecule has 1 N–H and O–H groups in total. The molecule has 2 unspecified atom stereocenters. The Morgan fingerprint density at radius 1 is 1.39 bits per heavy atom. The van der Waals surface area contributed by atoms with E-state index in [9.17, 15) is 0 Å². The number of rotatable bonds is 4. The van der Waals surface area contributed by atoms with Gasteiger partial charge in [-0.3, -0.25) is 0 Å². The van der Waals surface area contributed by atoms with Crippen molar-refractivity contribution in [3.63, 3.8) is 0 Å². The maximum Gasteiger partial charge on any atom is 0.173 e. The van der Waals surface area contributed by atoms with E-state index in [-0.39, 0.29) is 0 Å². The van der Waals surface area contributed by atoms with Crippen molar-refractivity contribution in [3.05, 3.63) is 58.0 Å². The molecule has 18 heavy (non-hydrogen) atoms. The van der Waals surface area contributed by atoms with Gasteiger partial charge in [-0.2, -0.15) is 0 Å². The maximum atomic E-state index is 5.33. The first-order valence-corrected chi connectivity index (χ1v) is 7.07. The predicted octanol–water partition coefficient (Wildman–Crippen LogP) is 4.03. The summed E-state index contributed by atoms with van der Waals surface area (Å²) in [4.78, 5) is 0. The molecule has 1 aromatic heterocycles. The summed E-state index contributed by atoms with van der Waals surface area (Å²) in [6.45, 7) is 0. The number of hydrogen-bond donors (Lipinski definition) is 1. The van der Waals surface area contributed by atoms with Crippen LogP contribution in [0.3, 0.4) is 0 Å². The summed E-state index contributed by atoms with van der Waals surface area (Å²) in [7, 11) is 2.01. The average Bonchev–Trinajstić information content (AvgIpc) is 2.77. The third-order valence-corrected chi connectivity index (χ3v) is 4.50. The summed E-state index contributed by atoms with van der Waals surface area (Å²) in [5, 5.41) is 3.39. The van der Waals surface area contributed by atoms with E-state index in [1.807, 2.05) is 13.1 Å². The molecule has 3 rings (SSSR count). The van der Waals surface area contributed by atoms with E-state index in [1.54, 1.807) is 6.26 Å². The molecular weight excluding hydrogens is 290 g/mol. The zero-order chi connectivity index (χ0) is 12.5. The fraction of sp³-hybridized carbons (Fsp3) is 0.333. The van der Waals surface area contributed by atoms with Gasteiger partial charge >= 0.3 is 0 Å². The van der Waals surface area contributed by atoms with Gasteiger partial charge in [0.15, 0.2) is 4.67 Å². The van der Waals surface area contributed by atoms with Gasteiger partial charge in [-0.15, -0.1) is 0 Å². The zero-order valence-electron chi connectivity index (χ0n) is 10.3. The van der Waals surface area contributed by atoms with E-state index in [4.69, 9.17) is 4.42 Å². The van der Waals surface area contributed by atoms with Crippen molar-refractivity contribution < 1.29 is 4.42 Å². The van der Waals surface area contributed by atoms with Gasteiger partial charge < -0.3 is 9.73 Å². The van der Waals surface area contributed by atoms with Crippen LogP contribution in [0.4, 0.5) is 0 Å².